The minimum absolute atomic E-state index is 0.0277. The normalized spacial score (nSPS) is 13.4. The van der Waals surface area contributed by atoms with E-state index in [-0.39, 0.29) is 38.6 Å². The van der Waals surface area contributed by atoms with E-state index >= 15 is 0 Å². The van der Waals surface area contributed by atoms with Crippen LogP contribution in [0.5, 0.6) is 0 Å². The van der Waals surface area contributed by atoms with Crippen LogP contribution < -0.4 is 38.4 Å². The van der Waals surface area contributed by atoms with Crippen molar-refractivity contribution in [2.75, 3.05) is 13.3 Å². The number of ether oxygens (including phenoxy) is 1. The zero-order valence-electron chi connectivity index (χ0n) is 15.0. The summed E-state index contributed by atoms with van der Waals surface area (Å²) in [5, 5.41) is 36.6. The Hall–Kier alpha value is -3.74. The lowest BCUT2D eigenvalue weighted by molar-refractivity contribution is 0.0560. The first-order chi connectivity index (χ1) is 12.7. The number of hydrogen-bond acceptors (Lipinski definition) is 8. The second-order valence-electron chi connectivity index (χ2n) is 5.52. The summed E-state index contributed by atoms with van der Waals surface area (Å²) in [6, 6.07) is 0. The summed E-state index contributed by atoms with van der Waals surface area (Å²) in [5.74, 6) is 0.0392. The number of aliphatic imine (C=N–C) groups is 3. The molecular weight excluding hydrogens is 353 g/mol. The summed E-state index contributed by atoms with van der Waals surface area (Å²) in [6.07, 6.45) is 3.99. The highest BCUT2D eigenvalue weighted by atomic mass is 16.5. The van der Waals surface area contributed by atoms with Gasteiger partial charge in [0.25, 0.3) is 7.41 Å². The van der Waals surface area contributed by atoms with E-state index in [4.69, 9.17) is 37.7 Å². The molecule has 0 aromatic heterocycles. The van der Waals surface area contributed by atoms with Gasteiger partial charge < -0.3 is 43.1 Å². The third-order valence-electron chi connectivity index (χ3n) is 2.69. The summed E-state index contributed by atoms with van der Waals surface area (Å²) in [7, 11) is 0.290. The molecule has 0 aliphatic rings. The van der Waals surface area contributed by atoms with Crippen molar-refractivity contribution in [2.24, 2.45) is 32.2 Å². The lowest BCUT2D eigenvalue weighted by Gasteiger charge is -2.27. The minimum Gasteiger partial charge on any atom is -0.400 e. The van der Waals surface area contributed by atoms with E-state index in [0.29, 0.717) is 0 Å². The molecule has 27 heavy (non-hydrogen) atoms. The minimum atomic E-state index is -0.759. The van der Waals surface area contributed by atoms with Crippen LogP contribution in [-0.2, 0) is 4.74 Å². The molecule has 144 valence electrons. The van der Waals surface area contributed by atoms with Gasteiger partial charge in [0.1, 0.15) is 13.0 Å². The van der Waals surface area contributed by atoms with E-state index in [2.05, 4.69) is 36.2 Å². The monoisotopic (exact) mass is 375 g/mol. The van der Waals surface area contributed by atoms with E-state index in [9.17, 15) is 0 Å². The zero-order valence-corrected chi connectivity index (χ0v) is 15.0. The van der Waals surface area contributed by atoms with Gasteiger partial charge in [-0.3, -0.25) is 0 Å². The Morgan fingerprint density at radius 2 is 1.67 bits per heavy atom. The van der Waals surface area contributed by atoms with Gasteiger partial charge >= 0.3 is 0 Å². The molecule has 0 aliphatic carbocycles. The molecule has 0 aromatic carbocycles. The van der Waals surface area contributed by atoms with E-state index in [1.165, 1.54) is 6.19 Å². The molecule has 0 rings (SSSR count). The second kappa shape index (κ2) is 12.6. The predicted molar refractivity (Wildman–Crippen MR) is 100 cm³/mol. The average Bonchev–Trinajstić information content (AvgIpc) is 2.59. The van der Waals surface area contributed by atoms with Crippen LogP contribution in [-0.4, -0.2) is 50.2 Å². The Bertz CT molecular complexity index is 681. The number of nitriles is 3. The van der Waals surface area contributed by atoms with Gasteiger partial charge in [-0.25, -0.2) is 0 Å². The highest BCUT2D eigenvalue weighted by Crippen LogP contribution is 1.97. The molecule has 0 fully saturated rings. The van der Waals surface area contributed by atoms with Crippen molar-refractivity contribution < 1.29 is 4.74 Å². The Morgan fingerprint density at radius 1 is 1.07 bits per heavy atom. The second-order valence-corrected chi connectivity index (χ2v) is 5.52. The van der Waals surface area contributed by atoms with Gasteiger partial charge in [0.15, 0.2) is 5.96 Å². The van der Waals surface area contributed by atoms with E-state index < -0.39 is 11.7 Å². The Labute approximate surface area is 157 Å². The number of hydrogen-bond donors (Lipinski definition) is 7. The van der Waals surface area contributed by atoms with Gasteiger partial charge in [-0.15, -0.1) is 15.0 Å². The molecule has 10 N–H and O–H groups in total. The van der Waals surface area contributed by atoms with Crippen molar-refractivity contribution in [2.45, 2.75) is 25.5 Å². The molecule has 0 radical (unpaired) electrons. The number of guanidine groups is 3. The van der Waals surface area contributed by atoms with Crippen LogP contribution in [0.3, 0.4) is 0 Å². The Kier molecular flexibility index (Phi) is 10.9. The van der Waals surface area contributed by atoms with Gasteiger partial charge in [-0.05, 0) is 13.8 Å². The fourth-order valence-corrected chi connectivity index (χ4v) is 1.51. The maximum Gasteiger partial charge on any atom is 0.262 e. The van der Waals surface area contributed by atoms with Crippen molar-refractivity contribution >= 4 is 25.3 Å². The molecule has 0 bridgehead atoms. The van der Waals surface area contributed by atoms with Crippen LogP contribution >= 0.6 is 0 Å². The predicted octanol–water partition coefficient (Wildman–Crippen LogP) is -3.88. The summed E-state index contributed by atoms with van der Waals surface area (Å²) < 4.78 is 5.28. The molecule has 15 heteroatoms. The molecule has 0 saturated carbocycles. The van der Waals surface area contributed by atoms with Crippen LogP contribution in [0.1, 0.15) is 13.8 Å². The SMILES string of the molecule is CC(C)(BN/C(N)=N/C#N)NC(=NC#N)NCOC(N)CN/C(N)=N/C#N. The van der Waals surface area contributed by atoms with Crippen molar-refractivity contribution in [3.8, 4) is 18.6 Å². The van der Waals surface area contributed by atoms with Gasteiger partial charge in [0, 0.05) is 5.44 Å². The van der Waals surface area contributed by atoms with Crippen LogP contribution in [0, 0.1) is 34.4 Å². The quantitative estimate of drug-likeness (QED) is 0.0710. The summed E-state index contributed by atoms with van der Waals surface area (Å²) in [4.78, 5) is 10.2. The summed E-state index contributed by atoms with van der Waals surface area (Å²) in [6.45, 7) is 3.67. The first kappa shape index (κ1) is 23.3. The zero-order chi connectivity index (χ0) is 20.7. The first-order valence-electron chi connectivity index (χ1n) is 7.52. The van der Waals surface area contributed by atoms with E-state index in [1.54, 1.807) is 12.4 Å². The van der Waals surface area contributed by atoms with Crippen molar-refractivity contribution in [1.29, 1.82) is 15.8 Å². The van der Waals surface area contributed by atoms with Crippen LogP contribution in [0.4, 0.5) is 0 Å². The molecule has 14 nitrogen and oxygen atoms in total. The highest BCUT2D eigenvalue weighted by molar-refractivity contribution is 6.41. The molecule has 0 aliphatic heterocycles. The lowest BCUT2D eigenvalue weighted by Crippen LogP contribution is -2.58. The van der Waals surface area contributed by atoms with Gasteiger partial charge in [-0.2, -0.15) is 15.8 Å². The van der Waals surface area contributed by atoms with Gasteiger partial charge in [0.2, 0.25) is 30.5 Å². The topological polar surface area (TPSA) is 244 Å². The molecule has 0 amide bonds. The fraction of sp³-hybridized carbons (Fsp3) is 0.500. The molecule has 0 spiro atoms. The fourth-order valence-electron chi connectivity index (χ4n) is 1.51. The largest absolute Gasteiger partial charge is 0.400 e. The van der Waals surface area contributed by atoms with Gasteiger partial charge in [0.05, 0.1) is 6.54 Å². The average molecular weight is 375 g/mol. The molecular formula is C12H22BN13O. The number of nitrogens with one attached hydrogen (secondary N) is 4. The standard InChI is InChI=1S/C12H22BN13O/c1-12(2,13-26-10(19)22-5-15)25-11(23-6-16)24-7-27-8(17)3-20-9(18)21-4-14/h8,13H,3,7,17H2,1-2H3,(H3,18,20,21)(H3,19,22,26)(H2,23,24,25). The Balaban J connectivity index is 4.46. The van der Waals surface area contributed by atoms with Crippen molar-refractivity contribution in [3.63, 3.8) is 0 Å². The number of rotatable bonds is 8. The smallest absolute Gasteiger partial charge is 0.262 e. The molecule has 1 unspecified atom stereocenters. The molecule has 0 aromatic rings. The highest BCUT2D eigenvalue weighted by Gasteiger charge is 2.22. The van der Waals surface area contributed by atoms with Crippen LogP contribution in [0.2, 0.25) is 0 Å². The van der Waals surface area contributed by atoms with Crippen LogP contribution in [0.25, 0.3) is 0 Å². The Morgan fingerprint density at radius 3 is 2.26 bits per heavy atom. The van der Waals surface area contributed by atoms with E-state index in [1.807, 2.05) is 13.8 Å². The number of nitrogens with zero attached hydrogens (tertiary/aromatic N) is 6. The maximum atomic E-state index is 8.79. The lowest BCUT2D eigenvalue weighted by atomic mass is 9.70. The number of nitrogens with two attached hydrogens (primary N) is 3. The van der Waals surface area contributed by atoms with Crippen LogP contribution in [0.15, 0.2) is 15.0 Å². The van der Waals surface area contributed by atoms with E-state index in [0.717, 1.165) is 0 Å². The molecule has 0 heterocycles. The molecule has 0 saturated heterocycles. The first-order valence-corrected chi connectivity index (χ1v) is 7.52. The van der Waals surface area contributed by atoms with Gasteiger partial charge in [-0.1, -0.05) is 0 Å². The van der Waals surface area contributed by atoms with Crippen molar-refractivity contribution in [3.05, 3.63) is 0 Å². The van der Waals surface area contributed by atoms with Crippen molar-refractivity contribution in [1.82, 2.24) is 21.2 Å². The summed E-state index contributed by atoms with van der Waals surface area (Å²) >= 11 is 0. The third-order valence-corrected chi connectivity index (χ3v) is 2.69. The maximum absolute atomic E-state index is 8.79. The third kappa shape index (κ3) is 12.3. The molecule has 1 atom stereocenters. The summed E-state index contributed by atoms with van der Waals surface area (Å²) in [5.41, 5.74) is 16.0.